The van der Waals surface area contributed by atoms with Crippen molar-refractivity contribution in [1.82, 2.24) is 4.31 Å². The molecule has 5 nitrogen and oxygen atoms in total. The van der Waals surface area contributed by atoms with Crippen molar-refractivity contribution < 1.29 is 18.3 Å². The zero-order valence-corrected chi connectivity index (χ0v) is 18.3. The van der Waals surface area contributed by atoms with Crippen LogP contribution in [0.3, 0.4) is 0 Å². The average Bonchev–Trinajstić information content (AvgIpc) is 2.63. The molecule has 2 aromatic carbocycles. The molecule has 0 aromatic heterocycles. The minimum Gasteiger partial charge on any atom is -0.464 e. The number of benzene rings is 2. The highest BCUT2D eigenvalue weighted by Gasteiger charge is 2.31. The van der Waals surface area contributed by atoms with Gasteiger partial charge in [-0.3, -0.25) is 0 Å². The molecular weight excluding hydrogens is 442 g/mol. The molecule has 0 aliphatic rings. The van der Waals surface area contributed by atoms with E-state index in [2.05, 4.69) is 27.8 Å². The number of alkyl halides is 1. The number of hydrogen-bond donors (Lipinski definition) is 1. The second kappa shape index (κ2) is 8.80. The third-order valence-corrected chi connectivity index (χ3v) is 6.07. The second-order valence-electron chi connectivity index (χ2n) is 7.16. The van der Waals surface area contributed by atoms with Gasteiger partial charge in [0.25, 0.3) is 10.0 Å². The van der Waals surface area contributed by atoms with Crippen molar-refractivity contribution in [3.8, 4) is 11.8 Å². The van der Waals surface area contributed by atoms with Crippen LogP contribution in [0.15, 0.2) is 53.4 Å². The van der Waals surface area contributed by atoms with E-state index in [-0.39, 0.29) is 16.9 Å². The highest BCUT2D eigenvalue weighted by atomic mass is 79.9. The van der Waals surface area contributed by atoms with Gasteiger partial charge in [0.1, 0.15) is 0 Å². The van der Waals surface area contributed by atoms with Gasteiger partial charge in [-0.05, 0) is 34.7 Å². The lowest BCUT2D eigenvalue weighted by atomic mass is 9.84. The standard InChI is InChI=1S/C21H22BrNO4S/c1-21(2,3)19-12-5-4-10-17(19)15-23(20(24)25)28(26,27)18-11-6-8-16(14-18)9-7-13-22/h4-6,8,10-12,14H,13,15H2,1-3H3,(H,24,25). The molecule has 0 spiro atoms. The number of sulfonamides is 1. The molecule has 0 saturated carbocycles. The van der Waals surface area contributed by atoms with Crippen LogP contribution < -0.4 is 0 Å². The maximum Gasteiger partial charge on any atom is 0.421 e. The SMILES string of the molecule is CC(C)(C)c1ccccc1CN(C(=O)O)S(=O)(=O)c1cccc(C#CCBr)c1. The van der Waals surface area contributed by atoms with E-state index < -0.39 is 16.1 Å². The van der Waals surface area contributed by atoms with Gasteiger partial charge in [-0.2, -0.15) is 4.31 Å². The first-order valence-electron chi connectivity index (χ1n) is 8.56. The molecule has 2 aromatic rings. The lowest BCUT2D eigenvalue weighted by Gasteiger charge is -2.26. The summed E-state index contributed by atoms with van der Waals surface area (Å²) in [5.41, 5.74) is 1.79. The highest BCUT2D eigenvalue weighted by molar-refractivity contribution is 9.09. The van der Waals surface area contributed by atoms with Crippen LogP contribution in [-0.2, 0) is 22.0 Å². The summed E-state index contributed by atoms with van der Waals surface area (Å²) in [4.78, 5) is 11.7. The van der Waals surface area contributed by atoms with Gasteiger partial charge in [-0.25, -0.2) is 13.2 Å². The van der Waals surface area contributed by atoms with Crippen molar-refractivity contribution >= 4 is 32.0 Å². The summed E-state index contributed by atoms with van der Waals surface area (Å²) in [6, 6.07) is 13.3. The van der Waals surface area contributed by atoms with Crippen molar-refractivity contribution in [1.29, 1.82) is 0 Å². The third kappa shape index (κ3) is 5.15. The molecule has 0 atom stereocenters. The number of halogens is 1. The van der Waals surface area contributed by atoms with Crippen LogP contribution in [0.2, 0.25) is 0 Å². The maximum absolute atomic E-state index is 13.1. The molecular formula is C21H22BrNO4S. The fourth-order valence-electron chi connectivity index (χ4n) is 2.80. The lowest BCUT2D eigenvalue weighted by Crippen LogP contribution is -2.36. The molecule has 0 bridgehead atoms. The Balaban J connectivity index is 2.49. The molecule has 0 aliphatic carbocycles. The van der Waals surface area contributed by atoms with Crippen molar-refractivity contribution in [2.45, 2.75) is 37.6 Å². The summed E-state index contributed by atoms with van der Waals surface area (Å²) in [5, 5.41) is 10.1. The Morgan fingerprint density at radius 1 is 1.14 bits per heavy atom. The summed E-state index contributed by atoms with van der Waals surface area (Å²) >= 11 is 3.19. The summed E-state index contributed by atoms with van der Waals surface area (Å²) in [6.07, 6.45) is -1.53. The van der Waals surface area contributed by atoms with Crippen molar-refractivity contribution in [2.24, 2.45) is 0 Å². The fraction of sp³-hybridized carbons (Fsp3) is 0.286. The molecule has 1 N–H and O–H groups in total. The number of amides is 1. The Morgan fingerprint density at radius 2 is 1.82 bits per heavy atom. The minimum absolute atomic E-state index is 0.107. The van der Waals surface area contributed by atoms with Crippen LogP contribution in [0.4, 0.5) is 4.79 Å². The molecule has 148 valence electrons. The Bertz CT molecular complexity index is 1030. The van der Waals surface area contributed by atoms with Gasteiger partial charge in [0.15, 0.2) is 0 Å². The first-order chi connectivity index (χ1) is 13.1. The summed E-state index contributed by atoms with van der Waals surface area (Å²) in [5.74, 6) is 5.63. The van der Waals surface area contributed by atoms with Crippen molar-refractivity contribution in [3.63, 3.8) is 0 Å². The normalized spacial score (nSPS) is 11.4. The number of carbonyl (C=O) groups is 1. The molecule has 0 heterocycles. The number of nitrogens with zero attached hydrogens (tertiary/aromatic N) is 1. The van der Waals surface area contributed by atoms with Crippen LogP contribution in [-0.4, -0.2) is 29.3 Å². The Morgan fingerprint density at radius 3 is 2.43 bits per heavy atom. The Kier molecular flexibility index (Phi) is 6.91. The Hall–Kier alpha value is -2.30. The maximum atomic E-state index is 13.1. The molecule has 1 amide bonds. The zero-order chi connectivity index (χ0) is 20.9. The summed E-state index contributed by atoms with van der Waals surface area (Å²) < 4.78 is 26.6. The van der Waals surface area contributed by atoms with E-state index in [0.717, 1.165) is 5.56 Å². The Labute approximate surface area is 174 Å². The molecule has 0 fully saturated rings. The predicted octanol–water partition coefficient (Wildman–Crippen LogP) is 4.60. The molecule has 0 unspecified atom stereocenters. The van der Waals surface area contributed by atoms with E-state index in [1.807, 2.05) is 32.9 Å². The molecule has 28 heavy (non-hydrogen) atoms. The number of carboxylic acid groups (broad SMARTS) is 1. The number of hydrogen-bond acceptors (Lipinski definition) is 3. The average molecular weight is 464 g/mol. The van der Waals surface area contributed by atoms with Crippen LogP contribution in [0.1, 0.15) is 37.5 Å². The lowest BCUT2D eigenvalue weighted by molar-refractivity contribution is 0.170. The van der Waals surface area contributed by atoms with Crippen LogP contribution in [0, 0.1) is 11.8 Å². The zero-order valence-electron chi connectivity index (χ0n) is 15.9. The van der Waals surface area contributed by atoms with E-state index in [0.29, 0.717) is 20.8 Å². The van der Waals surface area contributed by atoms with Gasteiger partial charge in [0, 0.05) is 5.56 Å². The molecule has 0 saturated heterocycles. The molecule has 0 radical (unpaired) electrons. The topological polar surface area (TPSA) is 74.7 Å². The fourth-order valence-corrected chi connectivity index (χ4v) is 4.23. The van der Waals surface area contributed by atoms with E-state index in [9.17, 15) is 18.3 Å². The number of rotatable bonds is 4. The van der Waals surface area contributed by atoms with Gasteiger partial charge in [0.05, 0.1) is 16.8 Å². The van der Waals surface area contributed by atoms with Gasteiger partial charge < -0.3 is 5.11 Å². The van der Waals surface area contributed by atoms with Crippen LogP contribution in [0.5, 0.6) is 0 Å². The van der Waals surface area contributed by atoms with Crippen LogP contribution >= 0.6 is 15.9 Å². The smallest absolute Gasteiger partial charge is 0.421 e. The largest absolute Gasteiger partial charge is 0.464 e. The minimum atomic E-state index is -4.25. The molecule has 2 rings (SSSR count). The third-order valence-electron chi connectivity index (χ3n) is 4.07. The van der Waals surface area contributed by atoms with Gasteiger partial charge in [0.2, 0.25) is 0 Å². The first kappa shape index (κ1) is 22.0. The summed E-state index contributed by atoms with van der Waals surface area (Å²) in [6.45, 7) is 5.73. The van der Waals surface area contributed by atoms with Gasteiger partial charge in [-0.15, -0.1) is 0 Å². The van der Waals surface area contributed by atoms with E-state index in [4.69, 9.17) is 0 Å². The first-order valence-corrected chi connectivity index (χ1v) is 11.1. The predicted molar refractivity (Wildman–Crippen MR) is 113 cm³/mol. The second-order valence-corrected chi connectivity index (χ2v) is 9.59. The quantitative estimate of drug-likeness (QED) is 0.530. The van der Waals surface area contributed by atoms with Crippen molar-refractivity contribution in [2.75, 3.05) is 5.33 Å². The monoisotopic (exact) mass is 463 g/mol. The van der Waals surface area contributed by atoms with E-state index >= 15 is 0 Å². The van der Waals surface area contributed by atoms with Gasteiger partial charge in [-0.1, -0.05) is 78.9 Å². The van der Waals surface area contributed by atoms with E-state index in [1.165, 1.54) is 12.1 Å². The van der Waals surface area contributed by atoms with E-state index in [1.54, 1.807) is 24.3 Å². The van der Waals surface area contributed by atoms with Crippen LogP contribution in [0.25, 0.3) is 0 Å². The molecule has 0 aliphatic heterocycles. The summed E-state index contributed by atoms with van der Waals surface area (Å²) in [7, 11) is -4.25. The van der Waals surface area contributed by atoms with Gasteiger partial charge >= 0.3 is 6.09 Å². The highest BCUT2D eigenvalue weighted by Crippen LogP contribution is 2.28. The molecule has 7 heteroatoms. The van der Waals surface area contributed by atoms with Crippen molar-refractivity contribution in [3.05, 3.63) is 65.2 Å².